The molecule has 1 aromatic carbocycles. The van der Waals surface area contributed by atoms with E-state index in [1.165, 1.54) is 31.5 Å². The number of carbonyl (C=O) groups is 1. The predicted molar refractivity (Wildman–Crippen MR) is 119 cm³/mol. The molecule has 170 valence electrons. The van der Waals surface area contributed by atoms with Crippen LogP contribution >= 0.6 is 0 Å². The zero-order valence-electron chi connectivity index (χ0n) is 18.4. The number of rotatable bonds is 7. The second kappa shape index (κ2) is 9.65. The van der Waals surface area contributed by atoms with E-state index in [1.807, 2.05) is 6.07 Å². The Labute approximate surface area is 185 Å². The van der Waals surface area contributed by atoms with E-state index in [4.69, 9.17) is 14.2 Å². The summed E-state index contributed by atoms with van der Waals surface area (Å²) in [5, 5.41) is 3.25. The van der Waals surface area contributed by atoms with E-state index >= 15 is 0 Å². The number of fused-ring (bicyclic) bond motifs is 1. The summed E-state index contributed by atoms with van der Waals surface area (Å²) >= 11 is 0. The van der Waals surface area contributed by atoms with E-state index in [1.54, 1.807) is 0 Å². The lowest BCUT2D eigenvalue weighted by atomic mass is 9.84. The molecule has 7 nitrogen and oxygen atoms in total. The Morgan fingerprint density at radius 3 is 2.55 bits per heavy atom. The lowest BCUT2D eigenvalue weighted by Gasteiger charge is -2.37. The first-order valence-electron chi connectivity index (χ1n) is 12.0. The average molecular weight is 430 g/mol. The fourth-order valence-corrected chi connectivity index (χ4v) is 5.29. The zero-order chi connectivity index (χ0) is 21.0. The van der Waals surface area contributed by atoms with E-state index in [0.29, 0.717) is 25.2 Å². The number of amides is 1. The number of ether oxygens (including phenoxy) is 3. The molecule has 0 aromatic heterocycles. The summed E-state index contributed by atoms with van der Waals surface area (Å²) in [7, 11) is 0. The molecule has 0 radical (unpaired) electrons. The Balaban J connectivity index is 0.995. The van der Waals surface area contributed by atoms with Crippen molar-refractivity contribution in [2.75, 3.05) is 57.6 Å². The number of para-hydroxylation sites is 1. The van der Waals surface area contributed by atoms with E-state index in [9.17, 15) is 4.79 Å². The molecule has 4 aliphatic rings. The van der Waals surface area contributed by atoms with Gasteiger partial charge in [-0.05, 0) is 56.7 Å². The number of benzene rings is 1. The molecule has 3 aliphatic heterocycles. The smallest absolute Gasteiger partial charge is 0.231 e. The third-order valence-corrected chi connectivity index (χ3v) is 7.34. The van der Waals surface area contributed by atoms with Crippen molar-refractivity contribution in [1.29, 1.82) is 0 Å². The van der Waals surface area contributed by atoms with Crippen LogP contribution in [0.1, 0.15) is 38.5 Å². The molecule has 0 spiro atoms. The highest BCUT2D eigenvalue weighted by molar-refractivity contribution is 5.76. The topological polar surface area (TPSA) is 63.3 Å². The first-order chi connectivity index (χ1) is 15.2. The van der Waals surface area contributed by atoms with Gasteiger partial charge in [0.25, 0.3) is 0 Å². The zero-order valence-corrected chi connectivity index (χ0v) is 18.4. The summed E-state index contributed by atoms with van der Waals surface area (Å²) in [6.45, 7) is 7.28. The molecule has 2 saturated heterocycles. The molecule has 1 N–H and O–H groups in total. The monoisotopic (exact) mass is 429 g/mol. The number of hydrogen-bond donors (Lipinski definition) is 1. The Hall–Kier alpha value is -1.99. The molecule has 0 atom stereocenters. The molecule has 3 fully saturated rings. The minimum absolute atomic E-state index is 0.218. The Morgan fingerprint density at radius 1 is 1.00 bits per heavy atom. The maximum atomic E-state index is 12.1. The minimum atomic E-state index is 0.218. The summed E-state index contributed by atoms with van der Waals surface area (Å²) in [5.74, 6) is 3.23. The fourth-order valence-electron chi connectivity index (χ4n) is 5.29. The van der Waals surface area contributed by atoms with Crippen LogP contribution in [-0.2, 0) is 9.53 Å². The van der Waals surface area contributed by atoms with Crippen LogP contribution in [0.3, 0.4) is 0 Å². The molecule has 1 aliphatic carbocycles. The third kappa shape index (κ3) is 5.09. The predicted octanol–water partition coefficient (Wildman–Crippen LogP) is 2.64. The molecular formula is C24H35N3O4. The molecule has 0 unspecified atom stereocenters. The maximum absolute atomic E-state index is 12.1. The molecule has 7 heteroatoms. The number of piperazine rings is 1. The molecule has 1 amide bonds. The highest BCUT2D eigenvalue weighted by atomic mass is 16.7. The van der Waals surface area contributed by atoms with Crippen LogP contribution in [0.4, 0.5) is 5.69 Å². The van der Waals surface area contributed by atoms with Gasteiger partial charge in [-0.25, -0.2) is 0 Å². The van der Waals surface area contributed by atoms with Crippen molar-refractivity contribution in [3.63, 3.8) is 0 Å². The largest absolute Gasteiger partial charge is 0.454 e. The van der Waals surface area contributed by atoms with Crippen LogP contribution in [0.5, 0.6) is 11.5 Å². The SMILES string of the molecule is O=C(CC1COC1)NC1CCC(CCN2CCN(c3cccc4c3OCO4)CC2)CC1. The Morgan fingerprint density at radius 2 is 1.81 bits per heavy atom. The van der Waals surface area contributed by atoms with Crippen LogP contribution < -0.4 is 19.7 Å². The number of anilines is 1. The molecule has 0 bridgehead atoms. The van der Waals surface area contributed by atoms with Crippen molar-refractivity contribution < 1.29 is 19.0 Å². The van der Waals surface area contributed by atoms with Crippen LogP contribution in [-0.4, -0.2) is 69.6 Å². The van der Waals surface area contributed by atoms with Crippen molar-refractivity contribution in [3.8, 4) is 11.5 Å². The normalized spacial score (nSPS) is 26.5. The molecule has 31 heavy (non-hydrogen) atoms. The Bertz CT molecular complexity index is 753. The quantitative estimate of drug-likeness (QED) is 0.719. The van der Waals surface area contributed by atoms with Gasteiger partial charge in [0.1, 0.15) is 0 Å². The first kappa shape index (κ1) is 20.9. The van der Waals surface area contributed by atoms with E-state index in [2.05, 4.69) is 27.2 Å². The van der Waals surface area contributed by atoms with Crippen molar-refractivity contribution in [1.82, 2.24) is 10.2 Å². The van der Waals surface area contributed by atoms with E-state index in [-0.39, 0.29) is 5.91 Å². The standard InChI is InChI=1S/C24H35N3O4/c28-23(14-19-15-29-16-19)25-20-6-4-18(5-7-20)8-9-26-10-12-27(13-11-26)21-2-1-3-22-24(21)31-17-30-22/h1-3,18-20H,4-17H2,(H,25,28). The van der Waals surface area contributed by atoms with Gasteiger partial charge in [0.15, 0.2) is 11.5 Å². The minimum Gasteiger partial charge on any atom is -0.454 e. The molecular weight excluding hydrogens is 394 g/mol. The lowest BCUT2D eigenvalue weighted by Crippen LogP contribution is -2.47. The van der Waals surface area contributed by atoms with Gasteiger partial charge in [-0.15, -0.1) is 0 Å². The second-order valence-electron chi connectivity index (χ2n) is 9.52. The summed E-state index contributed by atoms with van der Waals surface area (Å²) in [5.41, 5.74) is 1.17. The summed E-state index contributed by atoms with van der Waals surface area (Å²) in [6, 6.07) is 6.55. The fraction of sp³-hybridized carbons (Fsp3) is 0.708. The lowest BCUT2D eigenvalue weighted by molar-refractivity contribution is -0.127. The summed E-state index contributed by atoms with van der Waals surface area (Å²) < 4.78 is 16.4. The highest BCUT2D eigenvalue weighted by Gasteiger charge is 2.27. The van der Waals surface area contributed by atoms with Crippen molar-refractivity contribution in [2.24, 2.45) is 11.8 Å². The van der Waals surface area contributed by atoms with Gasteiger partial charge in [-0.3, -0.25) is 9.69 Å². The van der Waals surface area contributed by atoms with Crippen LogP contribution in [0.15, 0.2) is 18.2 Å². The second-order valence-corrected chi connectivity index (χ2v) is 9.52. The summed E-state index contributed by atoms with van der Waals surface area (Å²) in [4.78, 5) is 17.2. The van der Waals surface area contributed by atoms with Crippen LogP contribution in [0.2, 0.25) is 0 Å². The molecule has 1 aromatic rings. The van der Waals surface area contributed by atoms with Gasteiger partial charge in [0.2, 0.25) is 12.7 Å². The van der Waals surface area contributed by atoms with Gasteiger partial charge < -0.3 is 24.4 Å². The maximum Gasteiger partial charge on any atom is 0.231 e. The van der Waals surface area contributed by atoms with Crippen molar-refractivity contribution >= 4 is 11.6 Å². The number of carbonyl (C=O) groups excluding carboxylic acids is 1. The Kier molecular flexibility index (Phi) is 6.50. The van der Waals surface area contributed by atoms with E-state index < -0.39 is 0 Å². The average Bonchev–Trinajstić information content (AvgIpc) is 3.25. The molecule has 3 heterocycles. The van der Waals surface area contributed by atoms with Crippen LogP contribution in [0, 0.1) is 11.8 Å². The van der Waals surface area contributed by atoms with Gasteiger partial charge in [-0.1, -0.05) is 6.07 Å². The number of hydrogen-bond acceptors (Lipinski definition) is 6. The first-order valence-corrected chi connectivity index (χ1v) is 12.0. The van der Waals surface area contributed by atoms with Gasteiger partial charge in [0.05, 0.1) is 18.9 Å². The van der Waals surface area contributed by atoms with Crippen molar-refractivity contribution in [3.05, 3.63) is 18.2 Å². The van der Waals surface area contributed by atoms with Crippen LogP contribution in [0.25, 0.3) is 0 Å². The van der Waals surface area contributed by atoms with Gasteiger partial charge >= 0.3 is 0 Å². The van der Waals surface area contributed by atoms with Crippen molar-refractivity contribution in [2.45, 2.75) is 44.6 Å². The van der Waals surface area contributed by atoms with Gasteiger partial charge in [0, 0.05) is 44.6 Å². The molecule has 5 rings (SSSR count). The number of nitrogens with one attached hydrogen (secondary N) is 1. The summed E-state index contributed by atoms with van der Waals surface area (Å²) in [6.07, 6.45) is 6.66. The highest BCUT2D eigenvalue weighted by Crippen LogP contribution is 2.41. The molecule has 1 saturated carbocycles. The number of nitrogens with zero attached hydrogens (tertiary/aromatic N) is 2. The third-order valence-electron chi connectivity index (χ3n) is 7.34. The van der Waals surface area contributed by atoms with E-state index in [0.717, 1.165) is 69.7 Å². The van der Waals surface area contributed by atoms with Gasteiger partial charge in [-0.2, -0.15) is 0 Å².